The van der Waals surface area contributed by atoms with Crippen LogP contribution in [0.4, 0.5) is 0 Å². The van der Waals surface area contributed by atoms with Crippen molar-refractivity contribution in [2.45, 2.75) is 217 Å². The molecule has 0 aromatic carbocycles. The minimum Gasteiger partial charge on any atom is -0.462 e. The third-order valence-electron chi connectivity index (χ3n) is 10.7. The topological polar surface area (TPSA) is 256 Å². The fourth-order valence-electron chi connectivity index (χ4n) is 6.96. The average Bonchev–Trinajstić information content (AvgIpc) is 3.25. The van der Waals surface area contributed by atoms with Gasteiger partial charge in [0, 0.05) is 12.8 Å². The van der Waals surface area contributed by atoms with E-state index in [-0.39, 0.29) is 12.8 Å². The zero-order chi connectivity index (χ0) is 47.5. The Morgan fingerprint density at radius 2 is 0.922 bits per heavy atom. The molecule has 0 spiro atoms. The van der Waals surface area contributed by atoms with Gasteiger partial charge in [0.1, 0.15) is 43.2 Å². The summed E-state index contributed by atoms with van der Waals surface area (Å²) in [7, 11) is -10.7. The maximum atomic E-state index is 13.0. The lowest BCUT2D eigenvalue weighted by atomic mass is 9.85. The highest BCUT2D eigenvalue weighted by Gasteiger charge is 2.54. The molecule has 0 heterocycles. The number of allylic oxidation sites excluding steroid dienone is 8. The van der Waals surface area contributed by atoms with Crippen LogP contribution in [0.1, 0.15) is 174 Å². The molecule has 0 bridgehead atoms. The number of unbranched alkanes of at least 4 members (excludes halogenated alkanes) is 17. The first-order chi connectivity index (χ1) is 30.6. The third kappa shape index (κ3) is 31.0. The number of hydrogen-bond acceptors (Lipinski definition) is 13. The van der Waals surface area contributed by atoms with Gasteiger partial charge in [-0.15, -0.1) is 0 Å². The third-order valence-corrected chi connectivity index (χ3v) is 12.2. The first-order valence-corrected chi connectivity index (χ1v) is 26.7. The van der Waals surface area contributed by atoms with Crippen LogP contribution in [-0.2, 0) is 41.8 Å². The second-order valence-electron chi connectivity index (χ2n) is 16.5. The molecule has 1 aliphatic rings. The predicted octanol–water partition coefficient (Wildman–Crippen LogP) is 8.90. The molecule has 372 valence electrons. The molecule has 7 N–H and O–H groups in total. The number of aliphatic hydroxyl groups is 4. The van der Waals surface area contributed by atoms with Crippen LogP contribution < -0.4 is 0 Å². The predicted molar refractivity (Wildman–Crippen MR) is 246 cm³/mol. The van der Waals surface area contributed by atoms with Crippen LogP contribution in [-0.4, -0.2) is 103 Å². The van der Waals surface area contributed by atoms with E-state index in [4.69, 9.17) is 28.3 Å². The molecule has 1 aliphatic carbocycles. The van der Waals surface area contributed by atoms with Gasteiger partial charge in [0.2, 0.25) is 0 Å². The molecule has 1 saturated carbocycles. The van der Waals surface area contributed by atoms with Crippen molar-refractivity contribution >= 4 is 27.6 Å². The lowest BCUT2D eigenvalue weighted by Crippen LogP contribution is -2.64. The van der Waals surface area contributed by atoms with Crippen LogP contribution in [0.25, 0.3) is 0 Å². The highest BCUT2D eigenvalue weighted by atomic mass is 31.2. The zero-order valence-electron chi connectivity index (χ0n) is 38.5. The molecule has 0 aromatic heterocycles. The molecule has 8 unspecified atom stereocenters. The largest absolute Gasteiger partial charge is 0.472 e. The fourth-order valence-corrected chi connectivity index (χ4v) is 8.50. The lowest BCUT2D eigenvalue weighted by Gasteiger charge is -2.43. The van der Waals surface area contributed by atoms with Crippen molar-refractivity contribution in [3.63, 3.8) is 0 Å². The second kappa shape index (κ2) is 37.0. The van der Waals surface area contributed by atoms with Gasteiger partial charge in [0.15, 0.2) is 6.10 Å². The van der Waals surface area contributed by atoms with Gasteiger partial charge >= 0.3 is 27.6 Å². The van der Waals surface area contributed by atoms with E-state index in [0.29, 0.717) is 19.3 Å². The minimum absolute atomic E-state index is 0.0313. The standard InChI is InChI=1S/C46H82O16P2/c1-3-5-7-9-11-13-15-17-19-20-21-23-25-27-29-31-33-35-40(48)60-38(36-58-39(47)34-32-30-28-26-24-22-18-16-14-12-10-8-6-4-2)37-59-64(56,57)62-46-43(51)41(49)42(50)45(44(46)52)61-63(53,54)55/h11,13,17,19,21,23,27,29,38,41-46,49-52H,3-10,12,14-16,18,20,22,24-26,28,30-37H2,1-2H3,(H,56,57)(H2,53,54,55)/b13-11+,19-17+,23-21+,29-27+. The smallest absolute Gasteiger partial charge is 0.462 e. The molecule has 0 radical (unpaired) electrons. The Morgan fingerprint density at radius 1 is 0.500 bits per heavy atom. The Balaban J connectivity index is 2.64. The maximum Gasteiger partial charge on any atom is 0.472 e. The summed E-state index contributed by atoms with van der Waals surface area (Å²) in [5.41, 5.74) is 0. The average molecular weight is 953 g/mol. The van der Waals surface area contributed by atoms with Gasteiger partial charge in [-0.05, 0) is 51.4 Å². The Bertz CT molecular complexity index is 1430. The maximum absolute atomic E-state index is 13.0. The van der Waals surface area contributed by atoms with Crippen molar-refractivity contribution in [3.05, 3.63) is 48.6 Å². The molecule has 64 heavy (non-hydrogen) atoms. The monoisotopic (exact) mass is 953 g/mol. The van der Waals surface area contributed by atoms with Crippen molar-refractivity contribution in [2.24, 2.45) is 0 Å². The van der Waals surface area contributed by atoms with Crippen LogP contribution in [0.15, 0.2) is 48.6 Å². The van der Waals surface area contributed by atoms with Gasteiger partial charge in [-0.2, -0.15) is 0 Å². The van der Waals surface area contributed by atoms with E-state index < -0.39 is 83.5 Å². The summed E-state index contributed by atoms with van der Waals surface area (Å²) in [6, 6.07) is 0. The molecule has 0 saturated heterocycles. The van der Waals surface area contributed by atoms with E-state index >= 15 is 0 Å². The normalized spacial score (nSPS) is 22.2. The summed E-state index contributed by atoms with van der Waals surface area (Å²) in [4.78, 5) is 54.2. The molecule has 1 fully saturated rings. The Morgan fingerprint density at radius 3 is 1.42 bits per heavy atom. The number of carbonyl (C=O) groups excluding carboxylic acids is 2. The number of rotatable bonds is 39. The van der Waals surface area contributed by atoms with Crippen molar-refractivity contribution in [1.29, 1.82) is 0 Å². The van der Waals surface area contributed by atoms with Gasteiger partial charge in [-0.25, -0.2) is 9.13 Å². The van der Waals surface area contributed by atoms with Crippen LogP contribution in [0, 0.1) is 0 Å². The summed E-state index contributed by atoms with van der Waals surface area (Å²) in [5.74, 6) is -1.27. The zero-order valence-corrected chi connectivity index (χ0v) is 40.2. The minimum atomic E-state index is -5.37. The van der Waals surface area contributed by atoms with E-state index in [1.54, 1.807) is 0 Å². The van der Waals surface area contributed by atoms with Crippen LogP contribution in [0.5, 0.6) is 0 Å². The summed E-state index contributed by atoms with van der Waals surface area (Å²) in [5, 5.41) is 41.2. The fraction of sp³-hybridized carbons (Fsp3) is 0.783. The van der Waals surface area contributed by atoms with Gasteiger partial charge in [0.05, 0.1) is 6.61 Å². The SMILES string of the molecule is CCCCC/C=C/C/C=C/C/C=C/C/C=C/CCCC(=O)OC(COC(=O)CCCCCCCCCCCCCCCC)COP(=O)(O)OC1C(O)C(O)C(O)C(OP(=O)(O)O)C1O. The lowest BCUT2D eigenvalue weighted by molar-refractivity contribution is -0.216. The van der Waals surface area contributed by atoms with E-state index in [0.717, 1.165) is 51.4 Å². The summed E-state index contributed by atoms with van der Waals surface area (Å²) in [6.45, 7) is 3.04. The molecule has 8 atom stereocenters. The summed E-state index contributed by atoms with van der Waals surface area (Å²) >= 11 is 0. The molecule has 0 aromatic rings. The number of phosphoric ester groups is 2. The second-order valence-corrected chi connectivity index (χ2v) is 19.1. The van der Waals surface area contributed by atoms with Crippen molar-refractivity contribution < 1.29 is 76.9 Å². The first-order valence-electron chi connectivity index (χ1n) is 23.7. The number of aliphatic hydroxyl groups excluding tert-OH is 4. The molecule has 16 nitrogen and oxygen atoms in total. The summed E-state index contributed by atoms with van der Waals surface area (Å²) < 4.78 is 49.3. The highest BCUT2D eigenvalue weighted by Crippen LogP contribution is 2.49. The number of carbonyl (C=O) groups is 2. The van der Waals surface area contributed by atoms with E-state index in [1.807, 2.05) is 12.2 Å². The van der Waals surface area contributed by atoms with Crippen molar-refractivity contribution in [2.75, 3.05) is 13.2 Å². The van der Waals surface area contributed by atoms with E-state index in [1.165, 1.54) is 77.0 Å². The number of ether oxygens (including phenoxy) is 2. The Labute approximate surface area is 382 Å². The van der Waals surface area contributed by atoms with Crippen LogP contribution in [0.2, 0.25) is 0 Å². The van der Waals surface area contributed by atoms with Gasteiger partial charge in [0.25, 0.3) is 0 Å². The molecule has 0 amide bonds. The van der Waals surface area contributed by atoms with Crippen molar-refractivity contribution in [1.82, 2.24) is 0 Å². The molecule has 18 heteroatoms. The quantitative estimate of drug-likeness (QED) is 0.0131. The molecule has 1 rings (SSSR count). The molecular formula is C46H82O16P2. The van der Waals surface area contributed by atoms with E-state index in [2.05, 4.69) is 54.8 Å². The van der Waals surface area contributed by atoms with E-state index in [9.17, 15) is 44.0 Å². The highest BCUT2D eigenvalue weighted by molar-refractivity contribution is 7.47. The van der Waals surface area contributed by atoms with Crippen LogP contribution in [0.3, 0.4) is 0 Å². The number of esters is 2. The molecular weight excluding hydrogens is 870 g/mol. The van der Waals surface area contributed by atoms with Gasteiger partial charge in [-0.1, -0.05) is 159 Å². The summed E-state index contributed by atoms with van der Waals surface area (Å²) in [6.07, 6.45) is 26.5. The van der Waals surface area contributed by atoms with Crippen molar-refractivity contribution in [3.8, 4) is 0 Å². The molecule has 0 aliphatic heterocycles. The number of phosphoric acid groups is 2. The van der Waals surface area contributed by atoms with Gasteiger partial charge in [-0.3, -0.25) is 23.2 Å². The number of hydrogen-bond donors (Lipinski definition) is 7. The Hall–Kier alpha value is -2.04. The van der Waals surface area contributed by atoms with Gasteiger partial charge < -0.3 is 44.6 Å². The Kier molecular flexibility index (Phi) is 34.7. The van der Waals surface area contributed by atoms with Crippen LogP contribution >= 0.6 is 15.6 Å². The first kappa shape index (κ1) is 60.0.